The Bertz CT molecular complexity index is 188. The largest absolute Gasteiger partial charge is 0.416 e. The number of thioether (sulfide) groups is 1. The van der Waals surface area contributed by atoms with Crippen LogP contribution in [0.5, 0.6) is 0 Å². The average molecular weight is 247 g/mol. The van der Waals surface area contributed by atoms with Crippen molar-refractivity contribution in [3.8, 4) is 0 Å². The minimum atomic E-state index is -0.948. The molecule has 1 heterocycles. The average Bonchev–Trinajstić information content (AvgIpc) is 2.14. The van der Waals surface area contributed by atoms with Crippen molar-refractivity contribution < 1.29 is 4.43 Å². The van der Waals surface area contributed by atoms with Gasteiger partial charge in [-0.15, -0.1) is 0 Å². The van der Waals surface area contributed by atoms with E-state index in [0.29, 0.717) is 12.1 Å². The monoisotopic (exact) mass is 247 g/mol. The van der Waals surface area contributed by atoms with Gasteiger partial charge in [-0.2, -0.15) is 11.8 Å². The van der Waals surface area contributed by atoms with Crippen molar-refractivity contribution in [1.82, 2.24) is 5.32 Å². The van der Waals surface area contributed by atoms with Gasteiger partial charge in [0.1, 0.15) is 0 Å². The molecular formula is C11H25NOSSi. The molecular weight excluding hydrogens is 222 g/mol. The van der Waals surface area contributed by atoms with Crippen molar-refractivity contribution in [2.24, 2.45) is 5.41 Å². The summed E-state index contributed by atoms with van der Waals surface area (Å²) in [5.41, 5.74) is 0.243. The lowest BCUT2D eigenvalue weighted by Crippen LogP contribution is -2.53. The molecule has 0 aromatic heterocycles. The molecule has 1 aliphatic rings. The Morgan fingerprint density at radius 1 is 1.40 bits per heavy atom. The van der Waals surface area contributed by atoms with E-state index in [1.54, 1.807) is 0 Å². The van der Waals surface area contributed by atoms with Gasteiger partial charge in [-0.3, -0.25) is 0 Å². The van der Waals surface area contributed by atoms with Crippen LogP contribution in [0.3, 0.4) is 0 Å². The molecule has 90 valence electrons. The Morgan fingerprint density at radius 3 is 2.47 bits per heavy atom. The van der Waals surface area contributed by atoms with Crippen LogP contribution in [-0.2, 0) is 4.43 Å². The highest BCUT2D eigenvalue weighted by Crippen LogP contribution is 2.28. The number of hydrogen-bond acceptors (Lipinski definition) is 3. The van der Waals surface area contributed by atoms with Gasteiger partial charge in [-0.25, -0.2) is 0 Å². The van der Waals surface area contributed by atoms with Gasteiger partial charge >= 0.3 is 0 Å². The number of rotatable bonds is 3. The molecule has 1 N–H and O–H groups in total. The Labute approximate surface area is 100 Å². The van der Waals surface area contributed by atoms with Gasteiger partial charge in [0.15, 0.2) is 9.04 Å². The van der Waals surface area contributed by atoms with Crippen molar-refractivity contribution in [3.05, 3.63) is 0 Å². The normalized spacial score (nSPS) is 25.6. The lowest BCUT2D eigenvalue weighted by molar-refractivity contribution is 0.0573. The summed E-state index contributed by atoms with van der Waals surface area (Å²) in [5.74, 6) is 2.44. The Morgan fingerprint density at radius 2 is 2.07 bits per heavy atom. The fraction of sp³-hybridized carbons (Fsp3) is 1.00. The molecule has 1 aliphatic heterocycles. The van der Waals surface area contributed by atoms with Crippen molar-refractivity contribution in [2.45, 2.75) is 46.0 Å². The van der Waals surface area contributed by atoms with E-state index in [9.17, 15) is 0 Å². The van der Waals surface area contributed by atoms with Gasteiger partial charge in [0.05, 0.1) is 6.10 Å². The van der Waals surface area contributed by atoms with Gasteiger partial charge in [-0.05, 0) is 18.5 Å². The van der Waals surface area contributed by atoms with E-state index in [-0.39, 0.29) is 5.41 Å². The molecule has 2 atom stereocenters. The number of hydrogen-bond donors (Lipinski definition) is 1. The fourth-order valence-corrected chi connectivity index (χ4v) is 4.14. The summed E-state index contributed by atoms with van der Waals surface area (Å²) in [7, 11) is -0.948. The first kappa shape index (κ1) is 13.6. The lowest BCUT2D eigenvalue weighted by Gasteiger charge is -2.40. The molecule has 2 unspecified atom stereocenters. The van der Waals surface area contributed by atoms with E-state index in [4.69, 9.17) is 4.43 Å². The third kappa shape index (κ3) is 4.47. The molecule has 15 heavy (non-hydrogen) atoms. The molecule has 4 heteroatoms. The molecule has 0 aliphatic carbocycles. The molecule has 0 aromatic rings. The van der Waals surface area contributed by atoms with Crippen molar-refractivity contribution in [1.29, 1.82) is 0 Å². The first-order valence-corrected chi connectivity index (χ1v) is 9.81. The van der Waals surface area contributed by atoms with Crippen molar-refractivity contribution in [2.75, 3.05) is 18.1 Å². The molecule has 0 aromatic carbocycles. The summed E-state index contributed by atoms with van der Waals surface area (Å²) < 4.78 is 6.22. The van der Waals surface area contributed by atoms with Gasteiger partial charge < -0.3 is 9.74 Å². The third-order valence-electron chi connectivity index (χ3n) is 2.59. The summed E-state index contributed by atoms with van der Waals surface area (Å²) in [5, 5.41) is 3.61. The number of nitrogens with one attached hydrogen (secondary N) is 1. The Hall–Kier alpha value is 0.487. The molecule has 0 spiro atoms. The third-order valence-corrected chi connectivity index (χ3v) is 4.51. The summed E-state index contributed by atoms with van der Waals surface area (Å²) in [6.07, 6.45) is 0.372. The molecule has 0 radical (unpaired) electrons. The Balaban J connectivity index is 2.61. The highest BCUT2D eigenvalue weighted by Gasteiger charge is 2.34. The van der Waals surface area contributed by atoms with Crippen LogP contribution in [0.2, 0.25) is 13.1 Å². The van der Waals surface area contributed by atoms with Gasteiger partial charge in [0.2, 0.25) is 0 Å². The van der Waals surface area contributed by atoms with Crippen molar-refractivity contribution in [3.63, 3.8) is 0 Å². The Kier molecular flexibility index (Phi) is 5.16. The zero-order valence-corrected chi connectivity index (χ0v) is 12.6. The van der Waals surface area contributed by atoms with E-state index in [0.717, 1.165) is 6.54 Å². The highest BCUT2D eigenvalue weighted by atomic mass is 32.2. The molecule has 1 rings (SSSR count). The fourth-order valence-electron chi connectivity index (χ4n) is 1.98. The van der Waals surface area contributed by atoms with Crippen LogP contribution >= 0.6 is 11.8 Å². The quantitative estimate of drug-likeness (QED) is 0.772. The van der Waals surface area contributed by atoms with E-state index in [1.807, 2.05) is 11.8 Å². The molecule has 1 fully saturated rings. The van der Waals surface area contributed by atoms with Crippen molar-refractivity contribution >= 4 is 20.8 Å². The molecule has 1 saturated heterocycles. The predicted molar refractivity (Wildman–Crippen MR) is 72.3 cm³/mol. The summed E-state index contributed by atoms with van der Waals surface area (Å²) in [6, 6.07) is 0.540. The summed E-state index contributed by atoms with van der Waals surface area (Å²) >= 11 is 2.05. The minimum Gasteiger partial charge on any atom is -0.416 e. The minimum absolute atomic E-state index is 0.243. The maximum atomic E-state index is 6.22. The first-order valence-electron chi connectivity index (χ1n) is 5.88. The molecule has 0 bridgehead atoms. The van der Waals surface area contributed by atoms with E-state index >= 15 is 0 Å². The summed E-state index contributed by atoms with van der Waals surface area (Å²) in [6.45, 7) is 12.5. The summed E-state index contributed by atoms with van der Waals surface area (Å²) in [4.78, 5) is 0. The van der Waals surface area contributed by atoms with Crippen LogP contribution in [0.1, 0.15) is 20.8 Å². The molecule has 0 saturated carbocycles. The second-order valence-electron chi connectivity index (χ2n) is 5.61. The SMILES string of the molecule is C[SiH](C)OC(C1CSCCN1)C(C)(C)C. The van der Waals surface area contributed by atoms with Crippen LogP contribution in [0, 0.1) is 5.41 Å². The van der Waals surface area contributed by atoms with Crippen LogP contribution in [0.25, 0.3) is 0 Å². The maximum absolute atomic E-state index is 6.22. The zero-order valence-electron chi connectivity index (χ0n) is 10.7. The van der Waals surface area contributed by atoms with Gasteiger partial charge in [0.25, 0.3) is 0 Å². The first-order chi connectivity index (χ1) is 6.91. The van der Waals surface area contributed by atoms with Crippen LogP contribution < -0.4 is 5.32 Å². The standard InChI is InChI=1S/C11H25NOSSi/c1-11(2,3)10(13-15(4)5)9-8-14-7-6-12-9/h9-10,12,15H,6-8H2,1-5H3. The van der Waals surface area contributed by atoms with E-state index < -0.39 is 9.04 Å². The van der Waals surface area contributed by atoms with Crippen LogP contribution in [-0.4, -0.2) is 39.2 Å². The molecule has 0 amide bonds. The smallest absolute Gasteiger partial charge is 0.171 e. The van der Waals surface area contributed by atoms with Gasteiger partial charge in [-0.1, -0.05) is 20.8 Å². The zero-order chi connectivity index (χ0) is 11.5. The second-order valence-corrected chi connectivity index (χ2v) is 9.13. The van der Waals surface area contributed by atoms with Crippen LogP contribution in [0.4, 0.5) is 0 Å². The predicted octanol–water partition coefficient (Wildman–Crippen LogP) is 2.11. The lowest BCUT2D eigenvalue weighted by atomic mass is 9.85. The van der Waals surface area contributed by atoms with Crippen LogP contribution in [0.15, 0.2) is 0 Å². The second kappa shape index (κ2) is 5.71. The molecule has 2 nitrogen and oxygen atoms in total. The topological polar surface area (TPSA) is 21.3 Å². The highest BCUT2D eigenvalue weighted by molar-refractivity contribution is 7.99. The van der Waals surface area contributed by atoms with Gasteiger partial charge in [0, 0.05) is 24.1 Å². The maximum Gasteiger partial charge on any atom is 0.171 e. The van der Waals surface area contributed by atoms with E-state index in [2.05, 4.69) is 39.2 Å². The van der Waals surface area contributed by atoms with E-state index in [1.165, 1.54) is 11.5 Å².